The Morgan fingerprint density at radius 2 is 1.94 bits per heavy atom. The summed E-state index contributed by atoms with van der Waals surface area (Å²) in [5, 5.41) is 9.92. The van der Waals surface area contributed by atoms with Gasteiger partial charge in [0.2, 0.25) is 0 Å². The third kappa shape index (κ3) is 10.1. The molecule has 2 aliphatic rings. The molecule has 0 amide bonds. The molecular weight excluding hydrogens is 412 g/mol. The average Bonchev–Trinajstić information content (AvgIpc) is 2.68. The molecule has 2 saturated carbocycles. The Morgan fingerprint density at radius 1 is 1.32 bits per heavy atom. The van der Waals surface area contributed by atoms with Crippen molar-refractivity contribution in [1.29, 1.82) is 0 Å². The zero-order valence-electron chi connectivity index (χ0n) is 20.3. The van der Waals surface area contributed by atoms with E-state index in [1.807, 2.05) is 20.8 Å². The van der Waals surface area contributed by atoms with Crippen molar-refractivity contribution in [2.24, 2.45) is 10.9 Å². The van der Waals surface area contributed by atoms with Crippen LogP contribution in [0.5, 0.6) is 5.75 Å². The number of hydrogen-bond donors (Lipinski definition) is 1. The van der Waals surface area contributed by atoms with Gasteiger partial charge in [-0.2, -0.15) is 0 Å². The van der Waals surface area contributed by atoms with E-state index in [1.165, 1.54) is 19.3 Å². The van der Waals surface area contributed by atoms with Gasteiger partial charge in [-0.3, -0.25) is 9.79 Å². The summed E-state index contributed by atoms with van der Waals surface area (Å²) in [4.78, 5) is 19.6. The first-order valence-corrected chi connectivity index (χ1v) is 12.0. The quantitative estimate of drug-likeness (QED) is 0.356. The Kier molecular flexibility index (Phi) is 12.3. The molecule has 0 atom stereocenters. The number of ketones is 1. The second kappa shape index (κ2) is 13.8. The molecule has 5 nitrogen and oxygen atoms in total. The van der Waals surface area contributed by atoms with Crippen LogP contribution in [0, 0.1) is 12.8 Å². The van der Waals surface area contributed by atoms with Crippen molar-refractivity contribution in [3.63, 3.8) is 0 Å². The molecule has 0 saturated heterocycles. The van der Waals surface area contributed by atoms with Crippen LogP contribution in [0.4, 0.5) is 5.69 Å². The van der Waals surface area contributed by atoms with Crippen LogP contribution in [0.25, 0.3) is 0 Å². The zero-order chi connectivity index (χ0) is 23.4. The Hall–Kier alpha value is -1.46. The fraction of sp³-hybridized carbons (Fsp3) is 0.720. The van der Waals surface area contributed by atoms with Crippen molar-refractivity contribution in [2.45, 2.75) is 104 Å². The summed E-state index contributed by atoms with van der Waals surface area (Å²) in [6.07, 6.45) is 10.2. The van der Waals surface area contributed by atoms with Crippen LogP contribution in [0.2, 0.25) is 5.15 Å². The zero-order valence-corrected chi connectivity index (χ0v) is 21.0. The summed E-state index contributed by atoms with van der Waals surface area (Å²) in [7, 11) is 1.61. The fourth-order valence-corrected chi connectivity index (χ4v) is 3.59. The molecular formula is C25H41ClN2O3. The third-order valence-corrected chi connectivity index (χ3v) is 6.03. The number of rotatable bonds is 7. The van der Waals surface area contributed by atoms with Gasteiger partial charge < -0.3 is 9.84 Å². The third-order valence-electron chi connectivity index (χ3n) is 5.83. The highest BCUT2D eigenvalue weighted by molar-refractivity contribution is 6.29. The van der Waals surface area contributed by atoms with Gasteiger partial charge in [0, 0.05) is 24.6 Å². The van der Waals surface area contributed by atoms with Gasteiger partial charge in [0.05, 0.1) is 18.4 Å². The molecule has 6 heteroatoms. The monoisotopic (exact) mass is 452 g/mol. The second-order valence-electron chi connectivity index (χ2n) is 8.86. The first-order valence-electron chi connectivity index (χ1n) is 11.6. The van der Waals surface area contributed by atoms with Crippen molar-refractivity contribution in [3.05, 3.63) is 16.9 Å². The molecule has 176 valence electrons. The Balaban J connectivity index is 0.000000269. The molecule has 0 unspecified atom stereocenters. The van der Waals surface area contributed by atoms with Crippen LogP contribution < -0.4 is 4.74 Å². The van der Waals surface area contributed by atoms with E-state index in [-0.39, 0.29) is 5.78 Å². The molecule has 1 heterocycles. The van der Waals surface area contributed by atoms with Crippen molar-refractivity contribution in [3.8, 4) is 5.75 Å². The number of aromatic nitrogens is 1. The van der Waals surface area contributed by atoms with Crippen molar-refractivity contribution in [2.75, 3.05) is 7.11 Å². The van der Waals surface area contributed by atoms with Crippen LogP contribution in [0.1, 0.15) is 97.6 Å². The largest absolute Gasteiger partial charge is 0.494 e. The maximum absolute atomic E-state index is 10.9. The predicted molar refractivity (Wildman–Crippen MR) is 130 cm³/mol. The second-order valence-corrected chi connectivity index (χ2v) is 9.25. The lowest BCUT2D eigenvalue weighted by Gasteiger charge is -2.35. The van der Waals surface area contributed by atoms with E-state index in [2.05, 4.69) is 23.8 Å². The average molecular weight is 453 g/mol. The van der Waals surface area contributed by atoms with Crippen molar-refractivity contribution >= 4 is 28.8 Å². The van der Waals surface area contributed by atoms with Gasteiger partial charge in [-0.25, -0.2) is 4.98 Å². The number of carbonyl (C=O) groups is 1. The number of halogens is 1. The topological polar surface area (TPSA) is 71.8 Å². The summed E-state index contributed by atoms with van der Waals surface area (Å²) in [6, 6.07) is 1.69. The lowest BCUT2D eigenvalue weighted by Crippen LogP contribution is -2.38. The Bertz CT molecular complexity index is 726. The number of carbonyl (C=O) groups excluding carboxylic acids is 1. The van der Waals surface area contributed by atoms with Gasteiger partial charge in [0.1, 0.15) is 22.4 Å². The van der Waals surface area contributed by atoms with Gasteiger partial charge in [0.15, 0.2) is 0 Å². The van der Waals surface area contributed by atoms with Crippen LogP contribution in [-0.4, -0.2) is 34.3 Å². The van der Waals surface area contributed by atoms with Crippen LogP contribution in [0.3, 0.4) is 0 Å². The lowest BCUT2D eigenvalue weighted by atomic mass is 9.76. The molecule has 0 aromatic carbocycles. The number of pyridine rings is 1. The molecule has 3 rings (SSSR count). The first-order chi connectivity index (χ1) is 14.6. The number of aliphatic hydroxyl groups is 1. The maximum Gasteiger partial charge on any atom is 0.149 e. The lowest BCUT2D eigenvalue weighted by molar-refractivity contribution is -0.127. The first kappa shape index (κ1) is 27.6. The standard InChI is InChI=1S/C12H17ClN2O.C8H14O2.C5H10/c1-5-6-8(2)14-12-9(3)15-11(13)7-10(12)16-4;1-2-7(9)6-8(10)4-3-5-8;1-5-3-2-4-5/h7H,5-6H2,1-4H3;10H,2-6H2,1H3;5H,2-4H2,1H3. The number of methoxy groups -OCH3 is 1. The molecule has 0 spiro atoms. The van der Waals surface area contributed by atoms with Gasteiger partial charge in [-0.05, 0) is 45.4 Å². The molecule has 2 fully saturated rings. The van der Waals surface area contributed by atoms with Gasteiger partial charge >= 0.3 is 0 Å². The molecule has 0 radical (unpaired) electrons. The number of nitrogens with zero attached hydrogens (tertiary/aromatic N) is 2. The normalized spacial score (nSPS) is 17.2. The SMILES string of the molecule is CC1CCC1.CCC(=O)CC1(O)CCC1.CCCC(C)=Nc1c(OC)cc(Cl)nc1C. The van der Waals surface area contributed by atoms with Gasteiger partial charge in [0.25, 0.3) is 0 Å². The number of aliphatic imine (C=N–C) groups is 1. The molecule has 0 aliphatic heterocycles. The molecule has 31 heavy (non-hydrogen) atoms. The van der Waals surface area contributed by atoms with Crippen LogP contribution in [-0.2, 0) is 4.79 Å². The van der Waals surface area contributed by atoms with E-state index in [1.54, 1.807) is 13.2 Å². The summed E-state index contributed by atoms with van der Waals surface area (Å²) < 4.78 is 5.25. The van der Waals surface area contributed by atoms with Crippen molar-refractivity contribution < 1.29 is 14.6 Å². The van der Waals surface area contributed by atoms with Crippen molar-refractivity contribution in [1.82, 2.24) is 4.98 Å². The fourth-order valence-electron chi connectivity index (χ4n) is 3.37. The highest BCUT2D eigenvalue weighted by Gasteiger charge is 2.35. The van der Waals surface area contributed by atoms with Crippen LogP contribution >= 0.6 is 11.6 Å². The molecule has 1 aromatic heterocycles. The molecule has 2 aliphatic carbocycles. The maximum atomic E-state index is 10.9. The Labute approximate surface area is 193 Å². The van der Waals surface area contributed by atoms with Gasteiger partial charge in [-0.1, -0.05) is 58.1 Å². The number of Topliss-reactive ketones (excluding diaryl/α,β-unsaturated/α-hetero) is 1. The summed E-state index contributed by atoms with van der Waals surface area (Å²) in [6.45, 7) is 10.2. The van der Waals surface area contributed by atoms with E-state index >= 15 is 0 Å². The molecule has 0 bridgehead atoms. The van der Waals surface area contributed by atoms with E-state index in [0.29, 0.717) is 23.7 Å². The summed E-state index contributed by atoms with van der Waals surface area (Å²) in [5.74, 6) is 1.92. The molecule has 1 aromatic rings. The number of hydrogen-bond acceptors (Lipinski definition) is 5. The minimum atomic E-state index is -0.604. The number of ether oxygens (including phenoxy) is 1. The minimum Gasteiger partial charge on any atom is -0.494 e. The summed E-state index contributed by atoms with van der Waals surface area (Å²) >= 11 is 5.86. The predicted octanol–water partition coefficient (Wildman–Crippen LogP) is 7.02. The highest BCUT2D eigenvalue weighted by atomic mass is 35.5. The van der Waals surface area contributed by atoms with Gasteiger partial charge in [-0.15, -0.1) is 0 Å². The van der Waals surface area contributed by atoms with E-state index in [9.17, 15) is 9.90 Å². The van der Waals surface area contributed by atoms with E-state index in [0.717, 1.165) is 55.1 Å². The van der Waals surface area contributed by atoms with Crippen LogP contribution in [0.15, 0.2) is 11.1 Å². The van der Waals surface area contributed by atoms with E-state index in [4.69, 9.17) is 16.3 Å². The summed E-state index contributed by atoms with van der Waals surface area (Å²) in [5.41, 5.74) is 2.04. The number of aryl methyl sites for hydroxylation is 1. The van der Waals surface area contributed by atoms with E-state index < -0.39 is 5.60 Å². The smallest absolute Gasteiger partial charge is 0.149 e. The highest BCUT2D eigenvalue weighted by Crippen LogP contribution is 2.35. The Morgan fingerprint density at radius 3 is 2.32 bits per heavy atom. The minimum absolute atomic E-state index is 0.183. The molecule has 1 N–H and O–H groups in total.